The third-order valence-corrected chi connectivity index (χ3v) is 3.68. The van der Waals surface area contributed by atoms with E-state index in [-0.39, 0.29) is 18.6 Å². The van der Waals surface area contributed by atoms with Crippen molar-refractivity contribution in [3.05, 3.63) is 28.8 Å². The van der Waals surface area contributed by atoms with Crippen molar-refractivity contribution in [2.45, 2.75) is 47.1 Å². The first kappa shape index (κ1) is 18.2. The normalized spacial score (nSPS) is 12.1. The molecule has 0 bridgehead atoms. The van der Waals surface area contributed by atoms with E-state index >= 15 is 0 Å². The number of anilines is 1. The van der Waals surface area contributed by atoms with Gasteiger partial charge in [-0.25, -0.2) is 0 Å². The number of nitrogens with one attached hydrogen (secondary N) is 2. The van der Waals surface area contributed by atoms with Crippen molar-refractivity contribution in [1.82, 2.24) is 5.32 Å². The van der Waals surface area contributed by atoms with Crippen LogP contribution < -0.4 is 10.6 Å². The highest BCUT2D eigenvalue weighted by atomic mass is 16.3. The zero-order chi connectivity index (χ0) is 16.9. The van der Waals surface area contributed by atoms with Crippen molar-refractivity contribution >= 4 is 17.5 Å². The molecule has 0 aliphatic heterocycles. The summed E-state index contributed by atoms with van der Waals surface area (Å²) in [6.07, 6.45) is 0.430. The van der Waals surface area contributed by atoms with Crippen molar-refractivity contribution in [3.8, 4) is 0 Å². The van der Waals surface area contributed by atoms with Crippen LogP contribution in [-0.4, -0.2) is 29.6 Å². The number of carbonyl (C=O) groups excluding carboxylic acids is 2. The van der Waals surface area contributed by atoms with Gasteiger partial charge in [0.25, 0.3) is 0 Å². The number of aryl methyl sites for hydroxylation is 3. The minimum atomic E-state index is -0.682. The molecule has 1 rings (SSSR count). The van der Waals surface area contributed by atoms with E-state index in [1.807, 2.05) is 46.8 Å². The molecule has 5 heteroatoms. The Morgan fingerprint density at radius 1 is 1.09 bits per heavy atom. The summed E-state index contributed by atoms with van der Waals surface area (Å²) in [5.74, 6) is -1.21. The van der Waals surface area contributed by atoms with Crippen LogP contribution in [0.25, 0.3) is 0 Å². The molecule has 3 N–H and O–H groups in total. The van der Waals surface area contributed by atoms with Gasteiger partial charge in [-0.3, -0.25) is 9.59 Å². The second-order valence-corrected chi connectivity index (χ2v) is 6.06. The molecule has 0 saturated heterocycles. The number of carbonyl (C=O) groups is 2. The van der Waals surface area contributed by atoms with E-state index in [1.54, 1.807) is 0 Å². The highest BCUT2D eigenvalue weighted by Crippen LogP contribution is 2.21. The Bertz CT molecular complexity index is 530. The third-order valence-electron chi connectivity index (χ3n) is 3.68. The van der Waals surface area contributed by atoms with Crippen LogP contribution in [0, 0.1) is 26.7 Å². The van der Waals surface area contributed by atoms with Gasteiger partial charge in [-0.05, 0) is 44.2 Å². The molecule has 0 aromatic heterocycles. The van der Waals surface area contributed by atoms with E-state index in [1.165, 1.54) is 0 Å². The Kier molecular flexibility index (Phi) is 6.56. The summed E-state index contributed by atoms with van der Waals surface area (Å²) in [4.78, 5) is 24.1. The van der Waals surface area contributed by atoms with Crippen molar-refractivity contribution < 1.29 is 14.7 Å². The standard InChI is InChI=1S/C17H26N2O3/c1-10(2)14(6-7-20)18-16(21)17(22)19-15-12(4)8-11(3)9-13(15)5/h8-10,14,20H,6-7H2,1-5H3,(H,18,21)(H,19,22). The summed E-state index contributed by atoms with van der Waals surface area (Å²) in [7, 11) is 0. The molecule has 1 unspecified atom stereocenters. The van der Waals surface area contributed by atoms with E-state index in [2.05, 4.69) is 10.6 Å². The number of hydrogen-bond acceptors (Lipinski definition) is 3. The first-order valence-corrected chi connectivity index (χ1v) is 7.56. The summed E-state index contributed by atoms with van der Waals surface area (Å²) in [6, 6.07) is 3.70. The molecular formula is C17H26N2O3. The van der Waals surface area contributed by atoms with E-state index in [9.17, 15) is 9.59 Å². The summed E-state index contributed by atoms with van der Waals surface area (Å²) < 4.78 is 0. The fourth-order valence-corrected chi connectivity index (χ4v) is 2.49. The van der Waals surface area contributed by atoms with Crippen molar-refractivity contribution in [1.29, 1.82) is 0 Å². The molecule has 0 heterocycles. The van der Waals surface area contributed by atoms with E-state index < -0.39 is 11.8 Å². The molecule has 0 saturated carbocycles. The summed E-state index contributed by atoms with van der Waals surface area (Å²) in [5, 5.41) is 14.4. The molecule has 0 fully saturated rings. The average Bonchev–Trinajstić information content (AvgIpc) is 2.41. The van der Waals surface area contributed by atoms with Crippen LogP contribution in [0.15, 0.2) is 12.1 Å². The summed E-state index contributed by atoms with van der Waals surface area (Å²) >= 11 is 0. The lowest BCUT2D eigenvalue weighted by atomic mass is 10.0. The first-order chi connectivity index (χ1) is 10.3. The summed E-state index contributed by atoms with van der Waals surface area (Å²) in [6.45, 7) is 9.63. The molecule has 1 aromatic carbocycles. The molecule has 1 aromatic rings. The van der Waals surface area contributed by atoms with E-state index in [0.717, 1.165) is 16.7 Å². The van der Waals surface area contributed by atoms with Gasteiger partial charge in [0.15, 0.2) is 0 Å². The lowest BCUT2D eigenvalue weighted by molar-refractivity contribution is -0.136. The van der Waals surface area contributed by atoms with Crippen LogP contribution in [0.1, 0.15) is 37.0 Å². The minimum absolute atomic E-state index is 0.0269. The molecule has 0 aliphatic carbocycles. The Morgan fingerprint density at radius 3 is 2.09 bits per heavy atom. The number of rotatable bonds is 5. The average molecular weight is 306 g/mol. The van der Waals surface area contributed by atoms with Crippen molar-refractivity contribution in [3.63, 3.8) is 0 Å². The Labute approximate surface area is 132 Å². The fraction of sp³-hybridized carbons (Fsp3) is 0.529. The molecule has 122 valence electrons. The predicted molar refractivity (Wildman–Crippen MR) is 87.8 cm³/mol. The molecule has 22 heavy (non-hydrogen) atoms. The van der Waals surface area contributed by atoms with Gasteiger partial charge in [-0.2, -0.15) is 0 Å². The molecule has 1 atom stereocenters. The van der Waals surface area contributed by atoms with Gasteiger partial charge in [0.2, 0.25) is 0 Å². The van der Waals surface area contributed by atoms with Crippen LogP contribution in [-0.2, 0) is 9.59 Å². The topological polar surface area (TPSA) is 78.4 Å². The quantitative estimate of drug-likeness (QED) is 0.729. The van der Waals surface area contributed by atoms with Crippen molar-refractivity contribution in [2.24, 2.45) is 5.92 Å². The van der Waals surface area contributed by atoms with Gasteiger partial charge < -0.3 is 15.7 Å². The van der Waals surface area contributed by atoms with Crippen molar-refractivity contribution in [2.75, 3.05) is 11.9 Å². The maximum Gasteiger partial charge on any atom is 0.313 e. The number of aliphatic hydroxyl groups is 1. The fourth-order valence-electron chi connectivity index (χ4n) is 2.49. The lowest BCUT2D eigenvalue weighted by Gasteiger charge is -2.21. The number of hydrogen-bond donors (Lipinski definition) is 3. The van der Waals surface area contributed by atoms with Gasteiger partial charge in [0.05, 0.1) is 0 Å². The molecule has 0 radical (unpaired) electrons. The number of benzene rings is 1. The Hall–Kier alpha value is -1.88. The van der Waals surface area contributed by atoms with Crippen LogP contribution in [0.3, 0.4) is 0 Å². The minimum Gasteiger partial charge on any atom is -0.396 e. The van der Waals surface area contributed by atoms with Gasteiger partial charge in [-0.15, -0.1) is 0 Å². The molecule has 5 nitrogen and oxygen atoms in total. The monoisotopic (exact) mass is 306 g/mol. The smallest absolute Gasteiger partial charge is 0.313 e. The number of aliphatic hydroxyl groups excluding tert-OH is 1. The molecular weight excluding hydrogens is 280 g/mol. The van der Waals surface area contributed by atoms with E-state index in [0.29, 0.717) is 12.1 Å². The zero-order valence-electron chi connectivity index (χ0n) is 14.0. The second kappa shape index (κ2) is 7.94. The van der Waals surface area contributed by atoms with Crippen LogP contribution in [0.5, 0.6) is 0 Å². The maximum atomic E-state index is 12.1. The largest absolute Gasteiger partial charge is 0.396 e. The van der Waals surface area contributed by atoms with Crippen LogP contribution in [0.4, 0.5) is 5.69 Å². The maximum absolute atomic E-state index is 12.1. The molecule has 2 amide bonds. The molecule has 0 aliphatic rings. The lowest BCUT2D eigenvalue weighted by Crippen LogP contribution is -2.44. The van der Waals surface area contributed by atoms with Gasteiger partial charge in [0, 0.05) is 18.3 Å². The number of amides is 2. The predicted octanol–water partition coefficient (Wildman–Crippen LogP) is 2.07. The Morgan fingerprint density at radius 2 is 1.64 bits per heavy atom. The first-order valence-electron chi connectivity index (χ1n) is 7.56. The second-order valence-electron chi connectivity index (χ2n) is 6.06. The molecule has 0 spiro atoms. The Balaban J connectivity index is 2.78. The SMILES string of the molecule is Cc1cc(C)c(NC(=O)C(=O)NC(CCO)C(C)C)c(C)c1. The van der Waals surface area contributed by atoms with Gasteiger partial charge >= 0.3 is 11.8 Å². The summed E-state index contributed by atoms with van der Waals surface area (Å²) in [5.41, 5.74) is 3.64. The van der Waals surface area contributed by atoms with E-state index in [4.69, 9.17) is 5.11 Å². The van der Waals surface area contributed by atoms with Crippen LogP contribution in [0.2, 0.25) is 0 Å². The van der Waals surface area contributed by atoms with Gasteiger partial charge in [-0.1, -0.05) is 31.5 Å². The third kappa shape index (κ3) is 4.84. The zero-order valence-corrected chi connectivity index (χ0v) is 14.0. The highest BCUT2D eigenvalue weighted by molar-refractivity contribution is 6.39. The van der Waals surface area contributed by atoms with Crippen LogP contribution >= 0.6 is 0 Å². The van der Waals surface area contributed by atoms with Gasteiger partial charge in [0.1, 0.15) is 0 Å². The highest BCUT2D eigenvalue weighted by Gasteiger charge is 2.21.